The molecule has 1 amide bonds. The highest BCUT2D eigenvalue weighted by molar-refractivity contribution is 5.95. The molecular formula is C19H20FNO4. The van der Waals surface area contributed by atoms with Crippen LogP contribution in [-0.4, -0.2) is 24.1 Å². The molecule has 0 radical (unpaired) electrons. The Balaban J connectivity index is 2.39. The van der Waals surface area contributed by atoms with E-state index in [0.29, 0.717) is 16.9 Å². The molecule has 0 fully saturated rings. The predicted octanol–water partition coefficient (Wildman–Crippen LogP) is 3.26. The number of ether oxygens (including phenoxy) is 1. The monoisotopic (exact) mass is 345 g/mol. The summed E-state index contributed by atoms with van der Waals surface area (Å²) in [4.78, 5) is 23.9. The van der Waals surface area contributed by atoms with E-state index >= 15 is 0 Å². The Morgan fingerprint density at radius 1 is 1.24 bits per heavy atom. The fourth-order valence-corrected chi connectivity index (χ4v) is 2.68. The minimum absolute atomic E-state index is 0.136. The van der Waals surface area contributed by atoms with Crippen LogP contribution in [-0.2, 0) is 10.3 Å². The molecular weight excluding hydrogens is 325 g/mol. The van der Waals surface area contributed by atoms with E-state index in [2.05, 4.69) is 5.32 Å². The lowest BCUT2D eigenvalue weighted by Crippen LogP contribution is -2.45. The molecule has 0 spiro atoms. The Hall–Kier alpha value is -2.89. The third kappa shape index (κ3) is 4.56. The van der Waals surface area contributed by atoms with Crippen LogP contribution in [0.5, 0.6) is 5.75 Å². The molecule has 0 aliphatic rings. The Bertz CT molecular complexity index is 786. The number of methoxy groups -OCH3 is 1. The molecule has 132 valence electrons. The molecule has 2 N–H and O–H groups in total. The van der Waals surface area contributed by atoms with E-state index in [9.17, 15) is 19.1 Å². The van der Waals surface area contributed by atoms with Crippen molar-refractivity contribution in [1.29, 1.82) is 0 Å². The third-order valence-corrected chi connectivity index (χ3v) is 3.91. The summed E-state index contributed by atoms with van der Waals surface area (Å²) >= 11 is 0. The van der Waals surface area contributed by atoms with Crippen LogP contribution in [0.25, 0.3) is 0 Å². The molecule has 0 bridgehead atoms. The van der Waals surface area contributed by atoms with Crippen LogP contribution in [0.2, 0.25) is 0 Å². The van der Waals surface area contributed by atoms with E-state index in [1.54, 1.807) is 44.2 Å². The van der Waals surface area contributed by atoms with Crippen molar-refractivity contribution in [3.8, 4) is 5.75 Å². The van der Waals surface area contributed by atoms with Crippen LogP contribution < -0.4 is 10.1 Å². The van der Waals surface area contributed by atoms with Gasteiger partial charge in [-0.3, -0.25) is 9.59 Å². The number of aliphatic carboxylic acids is 1. The van der Waals surface area contributed by atoms with Crippen LogP contribution >= 0.6 is 0 Å². The minimum atomic E-state index is -1.18. The van der Waals surface area contributed by atoms with Crippen molar-refractivity contribution >= 4 is 11.9 Å². The SMILES string of the molecule is COc1cccc(C(C)(CC(=O)O)NC(=O)c2cc(C)cc(F)c2)c1. The van der Waals surface area contributed by atoms with E-state index in [4.69, 9.17) is 4.74 Å². The highest BCUT2D eigenvalue weighted by Crippen LogP contribution is 2.28. The summed E-state index contributed by atoms with van der Waals surface area (Å²) in [5, 5.41) is 12.0. The van der Waals surface area contributed by atoms with Gasteiger partial charge in [0, 0.05) is 5.56 Å². The maximum absolute atomic E-state index is 13.6. The van der Waals surface area contributed by atoms with Gasteiger partial charge in [0.05, 0.1) is 19.1 Å². The quantitative estimate of drug-likeness (QED) is 0.843. The molecule has 0 saturated heterocycles. The zero-order valence-electron chi connectivity index (χ0n) is 14.3. The first-order valence-corrected chi connectivity index (χ1v) is 7.69. The smallest absolute Gasteiger partial charge is 0.306 e. The Kier molecular flexibility index (Phi) is 5.41. The number of hydrogen-bond acceptors (Lipinski definition) is 3. The maximum Gasteiger partial charge on any atom is 0.306 e. The summed E-state index contributed by atoms with van der Waals surface area (Å²) < 4.78 is 18.7. The van der Waals surface area contributed by atoms with Crippen molar-refractivity contribution in [2.24, 2.45) is 0 Å². The highest BCUT2D eigenvalue weighted by Gasteiger charge is 2.32. The van der Waals surface area contributed by atoms with E-state index in [1.165, 1.54) is 13.2 Å². The van der Waals surface area contributed by atoms with Gasteiger partial charge in [-0.1, -0.05) is 12.1 Å². The lowest BCUT2D eigenvalue weighted by atomic mass is 9.88. The van der Waals surface area contributed by atoms with Gasteiger partial charge < -0.3 is 15.2 Å². The Morgan fingerprint density at radius 3 is 2.56 bits per heavy atom. The number of carbonyl (C=O) groups excluding carboxylic acids is 1. The molecule has 2 aromatic rings. The first-order valence-electron chi connectivity index (χ1n) is 7.69. The van der Waals surface area contributed by atoms with Crippen molar-refractivity contribution in [1.82, 2.24) is 5.32 Å². The summed E-state index contributed by atoms with van der Waals surface area (Å²) in [7, 11) is 1.50. The van der Waals surface area contributed by atoms with Gasteiger partial charge in [0.25, 0.3) is 5.91 Å². The van der Waals surface area contributed by atoms with E-state index in [-0.39, 0.29) is 12.0 Å². The molecule has 25 heavy (non-hydrogen) atoms. The van der Waals surface area contributed by atoms with E-state index < -0.39 is 23.2 Å². The summed E-state index contributed by atoms with van der Waals surface area (Å²) in [6.07, 6.45) is -0.333. The summed E-state index contributed by atoms with van der Waals surface area (Å²) in [5.41, 5.74) is 0.136. The average molecular weight is 345 g/mol. The topological polar surface area (TPSA) is 75.6 Å². The lowest BCUT2D eigenvalue weighted by Gasteiger charge is -2.30. The number of amides is 1. The largest absolute Gasteiger partial charge is 0.497 e. The van der Waals surface area contributed by atoms with Crippen molar-refractivity contribution < 1.29 is 23.8 Å². The standard InChI is InChI=1S/C19H20FNO4/c1-12-7-13(9-15(20)8-12)18(24)21-19(2,11-17(22)23)14-5-4-6-16(10-14)25-3/h4-10H,11H2,1-3H3,(H,21,24)(H,22,23). The van der Waals surface area contributed by atoms with Crippen LogP contribution in [0, 0.1) is 12.7 Å². The van der Waals surface area contributed by atoms with E-state index in [1.807, 2.05) is 0 Å². The van der Waals surface area contributed by atoms with Crippen molar-refractivity contribution in [3.05, 3.63) is 65.0 Å². The summed E-state index contributed by atoms with van der Waals surface area (Å²) in [5.74, 6) is -1.59. The molecule has 0 aliphatic heterocycles. The van der Waals surface area contributed by atoms with Gasteiger partial charge in [0.15, 0.2) is 0 Å². The molecule has 0 saturated carbocycles. The van der Waals surface area contributed by atoms with Gasteiger partial charge >= 0.3 is 5.97 Å². The van der Waals surface area contributed by atoms with Gasteiger partial charge in [0.2, 0.25) is 0 Å². The Morgan fingerprint density at radius 2 is 1.96 bits per heavy atom. The van der Waals surface area contributed by atoms with Crippen molar-refractivity contribution in [3.63, 3.8) is 0 Å². The zero-order chi connectivity index (χ0) is 18.6. The zero-order valence-corrected chi connectivity index (χ0v) is 14.3. The second kappa shape index (κ2) is 7.34. The van der Waals surface area contributed by atoms with Crippen LogP contribution in [0.15, 0.2) is 42.5 Å². The molecule has 0 heterocycles. The maximum atomic E-state index is 13.6. The number of carboxylic acid groups (broad SMARTS) is 1. The molecule has 1 atom stereocenters. The number of carbonyl (C=O) groups is 2. The summed E-state index contributed by atoms with van der Waals surface area (Å²) in [6.45, 7) is 3.29. The first-order chi connectivity index (χ1) is 11.7. The van der Waals surface area contributed by atoms with Crippen molar-refractivity contribution in [2.75, 3.05) is 7.11 Å². The number of hydrogen-bond donors (Lipinski definition) is 2. The van der Waals surface area contributed by atoms with E-state index in [0.717, 1.165) is 6.07 Å². The second-order valence-electron chi connectivity index (χ2n) is 6.11. The number of rotatable bonds is 6. The first kappa shape index (κ1) is 18.4. The van der Waals surface area contributed by atoms with Gasteiger partial charge in [-0.2, -0.15) is 0 Å². The number of nitrogens with one attached hydrogen (secondary N) is 1. The predicted molar refractivity (Wildman–Crippen MR) is 91.2 cm³/mol. The fourth-order valence-electron chi connectivity index (χ4n) is 2.68. The lowest BCUT2D eigenvalue weighted by molar-refractivity contribution is -0.138. The van der Waals surface area contributed by atoms with Gasteiger partial charge in [0.1, 0.15) is 11.6 Å². The van der Waals surface area contributed by atoms with Crippen molar-refractivity contribution in [2.45, 2.75) is 25.8 Å². The molecule has 1 unspecified atom stereocenters. The normalized spacial score (nSPS) is 13.0. The number of carboxylic acids is 1. The van der Waals surface area contributed by atoms with Gasteiger partial charge in [-0.15, -0.1) is 0 Å². The fraction of sp³-hybridized carbons (Fsp3) is 0.263. The molecule has 5 nitrogen and oxygen atoms in total. The minimum Gasteiger partial charge on any atom is -0.497 e. The average Bonchev–Trinajstić information content (AvgIpc) is 2.53. The number of benzene rings is 2. The second-order valence-corrected chi connectivity index (χ2v) is 6.11. The summed E-state index contributed by atoms with van der Waals surface area (Å²) in [6, 6.07) is 10.8. The highest BCUT2D eigenvalue weighted by atomic mass is 19.1. The molecule has 0 aliphatic carbocycles. The van der Waals surface area contributed by atoms with Gasteiger partial charge in [-0.25, -0.2) is 4.39 Å². The van der Waals surface area contributed by atoms with Gasteiger partial charge in [-0.05, 0) is 55.3 Å². The Labute approximate surface area is 145 Å². The van der Waals surface area contributed by atoms with Crippen LogP contribution in [0.4, 0.5) is 4.39 Å². The number of aryl methyl sites for hydroxylation is 1. The molecule has 0 aromatic heterocycles. The number of halogens is 1. The van der Waals surface area contributed by atoms with Crippen LogP contribution in [0.3, 0.4) is 0 Å². The molecule has 2 aromatic carbocycles. The molecule has 2 rings (SSSR count). The molecule has 6 heteroatoms. The van der Waals surface area contributed by atoms with Crippen LogP contribution in [0.1, 0.15) is 34.8 Å². The third-order valence-electron chi connectivity index (χ3n) is 3.91.